The molecule has 0 unspecified atom stereocenters. The highest BCUT2D eigenvalue weighted by Crippen LogP contribution is 2.58. The summed E-state index contributed by atoms with van der Waals surface area (Å²) in [5.41, 5.74) is 19.1. The molecule has 80 heavy (non-hydrogen) atoms. The first kappa shape index (κ1) is 50.8. The van der Waals surface area contributed by atoms with Crippen LogP contribution in [0.3, 0.4) is 0 Å². The number of benzene rings is 3. The van der Waals surface area contributed by atoms with Crippen LogP contribution >= 0.6 is 0 Å². The highest BCUT2D eigenvalue weighted by molar-refractivity contribution is 5.65. The summed E-state index contributed by atoms with van der Waals surface area (Å²) < 4.78 is 88.9. The van der Waals surface area contributed by atoms with E-state index in [0.717, 1.165) is 83.3 Å². The van der Waals surface area contributed by atoms with E-state index in [0.29, 0.717) is 27.5 Å². The Morgan fingerprint density at radius 2 is 0.887 bits per heavy atom. The van der Waals surface area contributed by atoms with E-state index >= 15 is 0 Å². The third kappa shape index (κ3) is 15.8. The fourth-order valence-corrected chi connectivity index (χ4v) is 14.3. The lowest BCUT2D eigenvalue weighted by Crippen LogP contribution is -2.48. The minimum atomic E-state index is -2.13. The quantitative estimate of drug-likeness (QED) is 0.128. The number of aromatic nitrogens is 3. The van der Waals surface area contributed by atoms with Crippen LogP contribution < -0.4 is 13.7 Å². The number of hydrogen-bond donors (Lipinski definition) is 0. The van der Waals surface area contributed by atoms with Crippen LogP contribution in [0.1, 0.15) is 217 Å². The molecular weight excluding hydrogens is 967 g/mol. The Labute approximate surface area is 505 Å². The Balaban J connectivity index is 0.000000216. The summed E-state index contributed by atoms with van der Waals surface area (Å²) in [6.07, 6.45) is 9.22. The second kappa shape index (κ2) is 23.8. The van der Waals surface area contributed by atoms with Crippen molar-refractivity contribution >= 4 is 0 Å². The lowest BCUT2D eigenvalue weighted by Gasteiger charge is -2.55. The molecule has 0 spiro atoms. The summed E-state index contributed by atoms with van der Waals surface area (Å²) in [6, 6.07) is 23.6. The summed E-state index contributed by atoms with van der Waals surface area (Å²) in [7, 11) is 6.06. The predicted molar refractivity (Wildman–Crippen MR) is 345 cm³/mol. The first-order valence-electron chi connectivity index (χ1n) is 34.9. The van der Waals surface area contributed by atoms with Crippen LogP contribution in [0.5, 0.6) is 0 Å². The normalized spacial score (nSPS) is 20.1. The molecule has 3 aromatic heterocycles. The van der Waals surface area contributed by atoms with E-state index in [1.165, 1.54) is 39.1 Å². The van der Waals surface area contributed by atoms with Crippen molar-refractivity contribution in [1.29, 1.82) is 0 Å². The van der Waals surface area contributed by atoms with E-state index in [9.17, 15) is 2.74 Å². The monoisotopic (exact) mass is 1090 g/mol. The SMILES string of the molecule is Cc1cc(C)c(-c2cc(C)c(CC(C)(C)C)c[n+]2C)cc1CC(C)(C)C.[2H]C([2H])([2H])c1ccc(-c2cc(C)c(C([2H])([2H])C3CC(C)(C)C(C)(C)C3)c[n+]2C)c(C)c1.[2H]C([2H])([2H])c1ccc(-c2ccc(C([2H])([2H])C3C(C)(C)CC(C)(C)CC3(C)C)c[n+]2C)c(C)c1. The van der Waals surface area contributed by atoms with Gasteiger partial charge in [-0.3, -0.25) is 0 Å². The van der Waals surface area contributed by atoms with Crippen molar-refractivity contribution in [2.24, 2.45) is 70.9 Å². The highest BCUT2D eigenvalue weighted by atomic mass is 14.9. The zero-order valence-corrected chi connectivity index (χ0v) is 54.9. The van der Waals surface area contributed by atoms with Gasteiger partial charge in [-0.2, -0.15) is 0 Å². The Bertz CT molecular complexity index is 3560. The second-order valence-corrected chi connectivity index (χ2v) is 31.0. The molecule has 3 heterocycles. The maximum absolute atomic E-state index is 9.30. The molecule has 0 amide bonds. The van der Waals surface area contributed by atoms with Gasteiger partial charge in [0.05, 0.1) is 0 Å². The van der Waals surface area contributed by atoms with Gasteiger partial charge in [-0.1, -0.05) is 152 Å². The van der Waals surface area contributed by atoms with Crippen LogP contribution in [0.25, 0.3) is 33.8 Å². The van der Waals surface area contributed by atoms with E-state index in [4.69, 9.17) is 11.0 Å². The Kier molecular flexibility index (Phi) is 15.1. The van der Waals surface area contributed by atoms with E-state index in [-0.39, 0.29) is 38.9 Å². The molecule has 434 valence electrons. The lowest BCUT2D eigenvalue weighted by molar-refractivity contribution is -0.661. The molecule has 0 aliphatic heterocycles. The van der Waals surface area contributed by atoms with E-state index in [1.807, 2.05) is 86.7 Å². The molecule has 8 rings (SSSR count). The van der Waals surface area contributed by atoms with Crippen LogP contribution in [0, 0.1) is 105 Å². The van der Waals surface area contributed by atoms with Gasteiger partial charge in [0, 0.05) is 65.3 Å². The van der Waals surface area contributed by atoms with Gasteiger partial charge in [0.25, 0.3) is 0 Å². The van der Waals surface area contributed by atoms with Crippen molar-refractivity contribution in [3.63, 3.8) is 0 Å². The number of hydrogen-bond acceptors (Lipinski definition) is 0. The standard InChI is InChI=1S/C27H40N.C25H36N.C25H38N/c1-19-10-12-22(20(2)14-19)23-13-11-21(16-28(23)9)15-24-26(5,6)17-25(3,4)18-27(24,7)8;1-17-9-10-22(19(3)11-17)23-12-18(2)21(16-26(23)8)13-20-14-24(4,5)25(6,7)15-20;1-17-11-19(3)22(13-20(17)14-24(4,5)6)23-12-18(2)21(16-26(23)10)15-25(7,8)9/h10-14,16,24H,15,17-18H2,1-9H3;9-12,16,20H,13-15H2,1-8H3;11-13,16H,14-15H2,1-10H3/q3*+1/i1D3,15D2;1D3,13D2;. The van der Waals surface area contributed by atoms with Crippen molar-refractivity contribution in [3.05, 3.63) is 158 Å². The lowest BCUT2D eigenvalue weighted by atomic mass is 9.49. The van der Waals surface area contributed by atoms with Crippen molar-refractivity contribution in [3.8, 4) is 33.8 Å². The molecule has 6 aromatic rings. The number of pyridine rings is 3. The molecule has 0 saturated heterocycles. The zero-order chi connectivity index (χ0) is 68.6. The molecule has 0 atom stereocenters. The fourth-order valence-electron chi connectivity index (χ4n) is 14.3. The minimum absolute atomic E-state index is 0.0256. The van der Waals surface area contributed by atoms with E-state index < -0.39 is 26.4 Å². The first-order chi connectivity index (χ1) is 40.5. The average molecular weight is 1090 g/mol. The number of rotatable bonds is 9. The van der Waals surface area contributed by atoms with Crippen molar-refractivity contribution < 1.29 is 27.4 Å². The molecular formula is C77H114N3+3. The van der Waals surface area contributed by atoms with Crippen LogP contribution in [0.4, 0.5) is 0 Å². The maximum Gasteiger partial charge on any atom is 0.212 e. The summed E-state index contributed by atoms with van der Waals surface area (Å²) >= 11 is 0. The highest BCUT2D eigenvalue weighted by Gasteiger charge is 2.50. The summed E-state index contributed by atoms with van der Waals surface area (Å²) in [4.78, 5) is 0. The van der Waals surface area contributed by atoms with Crippen molar-refractivity contribution in [1.82, 2.24) is 0 Å². The summed E-state index contributed by atoms with van der Waals surface area (Å²) in [5, 5.41) is 0. The average Bonchev–Trinajstić information content (AvgIpc) is 0.843. The van der Waals surface area contributed by atoms with Gasteiger partial charge in [0.1, 0.15) is 21.1 Å². The third-order valence-corrected chi connectivity index (χ3v) is 18.1. The van der Waals surface area contributed by atoms with Crippen LogP contribution in [-0.2, 0) is 46.7 Å². The van der Waals surface area contributed by atoms with Gasteiger partial charge < -0.3 is 0 Å². The van der Waals surface area contributed by atoms with E-state index in [1.54, 1.807) is 24.3 Å². The largest absolute Gasteiger partial charge is 0.212 e. The molecule has 0 bridgehead atoms. The Morgan fingerprint density at radius 1 is 0.463 bits per heavy atom. The smallest absolute Gasteiger partial charge is 0.201 e. The van der Waals surface area contributed by atoms with Gasteiger partial charge in [-0.15, -0.1) is 0 Å². The molecule has 2 fully saturated rings. The molecule has 0 N–H and O–H groups in total. The van der Waals surface area contributed by atoms with Crippen molar-refractivity contribution in [2.45, 2.75) is 217 Å². The van der Waals surface area contributed by atoms with Gasteiger partial charge >= 0.3 is 0 Å². The van der Waals surface area contributed by atoms with Gasteiger partial charge in [0.15, 0.2) is 18.6 Å². The number of nitrogens with zero attached hydrogens (tertiary/aromatic N) is 3. The predicted octanol–water partition coefficient (Wildman–Crippen LogP) is 19.2. The van der Waals surface area contributed by atoms with Gasteiger partial charge in [-0.25, -0.2) is 13.7 Å². The molecule has 3 heteroatoms. The Hall–Kier alpha value is -4.89. The molecule has 3 aromatic carbocycles. The third-order valence-electron chi connectivity index (χ3n) is 18.1. The minimum Gasteiger partial charge on any atom is -0.201 e. The van der Waals surface area contributed by atoms with Gasteiger partial charge in [-0.05, 0) is 219 Å². The summed E-state index contributed by atoms with van der Waals surface area (Å²) in [5.74, 6) is -0.154. The number of aryl methyl sites for hydroxylation is 11. The second-order valence-electron chi connectivity index (χ2n) is 31.0. The van der Waals surface area contributed by atoms with Crippen molar-refractivity contribution in [2.75, 3.05) is 0 Å². The van der Waals surface area contributed by atoms with Crippen LogP contribution in [-0.4, -0.2) is 0 Å². The van der Waals surface area contributed by atoms with E-state index in [2.05, 4.69) is 168 Å². The van der Waals surface area contributed by atoms with Crippen LogP contribution in [0.15, 0.2) is 91.4 Å². The zero-order valence-electron chi connectivity index (χ0n) is 64.9. The maximum atomic E-state index is 9.30. The fraction of sp³-hybridized carbons (Fsp3) is 0.571. The first-order valence-corrected chi connectivity index (χ1v) is 29.9. The topological polar surface area (TPSA) is 11.6 Å². The molecule has 2 aliphatic carbocycles. The van der Waals surface area contributed by atoms with Gasteiger partial charge in [0.2, 0.25) is 17.1 Å². The molecule has 2 aliphatic rings. The molecule has 3 nitrogen and oxygen atoms in total. The summed E-state index contributed by atoms with van der Waals surface area (Å²) in [6.45, 7) is 44.7. The van der Waals surface area contributed by atoms with Crippen LogP contribution in [0.2, 0.25) is 0 Å². The Morgan fingerprint density at radius 3 is 1.36 bits per heavy atom. The molecule has 0 radical (unpaired) electrons. The molecule has 2 saturated carbocycles.